The minimum absolute atomic E-state index is 0. The van der Waals surface area contributed by atoms with E-state index in [1.165, 1.54) is 0 Å². The first-order chi connectivity index (χ1) is 10.7. The molecule has 0 aromatic heterocycles. The summed E-state index contributed by atoms with van der Waals surface area (Å²) in [5, 5.41) is 5.80. The molecule has 0 radical (unpaired) electrons. The van der Waals surface area contributed by atoms with Crippen LogP contribution in [0.5, 0.6) is 0 Å². The second kappa shape index (κ2) is 15.2. The molecule has 2 atom stereocenters. The van der Waals surface area contributed by atoms with Crippen LogP contribution in [0.25, 0.3) is 0 Å². The van der Waals surface area contributed by atoms with Gasteiger partial charge < -0.3 is 20.1 Å². The molecule has 0 aliphatic heterocycles. The zero-order valence-electron chi connectivity index (χ0n) is 14.3. The van der Waals surface area contributed by atoms with E-state index in [2.05, 4.69) is 10.6 Å². The summed E-state index contributed by atoms with van der Waals surface area (Å²) in [5.41, 5.74) is 0. The summed E-state index contributed by atoms with van der Waals surface area (Å²) < 4.78 is 24.1. The number of rotatable bonds is 15. The van der Waals surface area contributed by atoms with Crippen LogP contribution in [0.2, 0.25) is 0 Å². The van der Waals surface area contributed by atoms with Crippen LogP contribution in [-0.2, 0) is 14.3 Å². The summed E-state index contributed by atoms with van der Waals surface area (Å²) in [5.74, 6) is -0.0676. The van der Waals surface area contributed by atoms with Gasteiger partial charge in [-0.3, -0.25) is 4.79 Å². The summed E-state index contributed by atoms with van der Waals surface area (Å²) in [6.45, 7) is 9.25. The van der Waals surface area contributed by atoms with Gasteiger partial charge in [0.2, 0.25) is 5.91 Å². The van der Waals surface area contributed by atoms with Gasteiger partial charge in [0.05, 0.1) is 33.0 Å². The fourth-order valence-electron chi connectivity index (χ4n) is 2.04. The van der Waals surface area contributed by atoms with Crippen molar-refractivity contribution in [2.24, 2.45) is 5.92 Å². The monoisotopic (exact) mass is 324 g/mol. The van der Waals surface area contributed by atoms with Crippen LogP contribution in [0.4, 0.5) is 4.39 Å². The van der Waals surface area contributed by atoms with Crippen LogP contribution >= 0.6 is 0 Å². The van der Waals surface area contributed by atoms with Crippen molar-refractivity contribution >= 4 is 5.91 Å². The van der Waals surface area contributed by atoms with E-state index in [9.17, 15) is 9.18 Å². The molecule has 2 unspecified atom stereocenters. The first-order valence-corrected chi connectivity index (χ1v) is 8.43. The highest BCUT2D eigenvalue weighted by Gasteiger charge is 2.16. The molecule has 0 fully saturated rings. The topological polar surface area (TPSA) is 59.6 Å². The number of carbonyl (C=O) groups excluding carboxylic acids is 1. The molecule has 0 spiro atoms. The summed E-state index contributed by atoms with van der Waals surface area (Å²) in [6.07, 6.45) is 1.42. The number of alkyl halides is 1. The quantitative estimate of drug-likeness (QED) is 0.454. The highest BCUT2D eigenvalue weighted by molar-refractivity contribution is 5.78. The van der Waals surface area contributed by atoms with Crippen LogP contribution in [0, 0.1) is 5.92 Å². The first kappa shape index (κ1) is 21.3. The van der Waals surface area contributed by atoms with Crippen LogP contribution in [0.15, 0.2) is 0 Å². The Hall–Kier alpha value is -0.720. The van der Waals surface area contributed by atoms with Gasteiger partial charge in [0, 0.05) is 15.3 Å². The SMILES string of the molecule is CCCC(CC)C(=O)NCC(F)COCCOCCNCC.[HH].[HH]. The maximum atomic E-state index is 13.6. The van der Waals surface area contributed by atoms with E-state index in [-0.39, 0.29) is 27.8 Å². The Bertz CT molecular complexity index is 278. The normalized spacial score (nSPS) is 13.8. The summed E-state index contributed by atoms with van der Waals surface area (Å²) in [7, 11) is 0. The third-order valence-electron chi connectivity index (χ3n) is 3.34. The number of hydrogen-bond donors (Lipinski definition) is 2. The van der Waals surface area contributed by atoms with Gasteiger partial charge in [0.25, 0.3) is 0 Å². The molecule has 0 aliphatic carbocycles. The largest absolute Gasteiger partial charge is 0.378 e. The molecular formula is C16H37FN2O3. The molecule has 0 bridgehead atoms. The summed E-state index contributed by atoms with van der Waals surface area (Å²) in [6, 6.07) is 0. The number of nitrogens with one attached hydrogen (secondary N) is 2. The summed E-state index contributed by atoms with van der Waals surface area (Å²) >= 11 is 0. The van der Waals surface area contributed by atoms with Crippen molar-refractivity contribution in [1.82, 2.24) is 10.6 Å². The van der Waals surface area contributed by atoms with Crippen molar-refractivity contribution in [3.63, 3.8) is 0 Å². The molecular weight excluding hydrogens is 287 g/mol. The summed E-state index contributed by atoms with van der Waals surface area (Å²) in [4.78, 5) is 11.8. The predicted molar refractivity (Wildman–Crippen MR) is 91.0 cm³/mol. The third kappa shape index (κ3) is 11.9. The zero-order chi connectivity index (χ0) is 16.6. The Kier molecular flexibility index (Phi) is 14.7. The van der Waals surface area contributed by atoms with E-state index >= 15 is 0 Å². The molecule has 1 amide bonds. The zero-order valence-corrected chi connectivity index (χ0v) is 14.3. The number of likely N-dealkylation sites (N-methyl/N-ethyl adjacent to an activating group) is 1. The Labute approximate surface area is 137 Å². The number of carbonyl (C=O) groups is 1. The van der Waals surface area contributed by atoms with Gasteiger partial charge in [0.1, 0.15) is 6.17 Å². The Morgan fingerprint density at radius 2 is 1.91 bits per heavy atom. The molecule has 0 saturated heterocycles. The van der Waals surface area contributed by atoms with E-state index in [0.717, 1.165) is 32.4 Å². The van der Waals surface area contributed by atoms with Gasteiger partial charge in [0.15, 0.2) is 0 Å². The molecule has 5 nitrogen and oxygen atoms in total. The first-order valence-electron chi connectivity index (χ1n) is 8.43. The molecule has 0 heterocycles. The number of halogens is 1. The van der Waals surface area contributed by atoms with Gasteiger partial charge in [-0.1, -0.05) is 27.2 Å². The second-order valence-electron chi connectivity index (χ2n) is 5.28. The highest BCUT2D eigenvalue weighted by atomic mass is 19.1. The predicted octanol–water partition coefficient (Wildman–Crippen LogP) is 2.40. The van der Waals surface area contributed by atoms with Crippen molar-refractivity contribution in [3.8, 4) is 0 Å². The number of ether oxygens (including phenoxy) is 2. The third-order valence-corrected chi connectivity index (χ3v) is 3.34. The average molecular weight is 324 g/mol. The molecule has 22 heavy (non-hydrogen) atoms. The molecule has 0 rings (SSSR count). The van der Waals surface area contributed by atoms with Gasteiger partial charge in [-0.25, -0.2) is 4.39 Å². The maximum Gasteiger partial charge on any atom is 0.223 e. The molecule has 6 heteroatoms. The molecule has 0 saturated carbocycles. The Morgan fingerprint density at radius 1 is 1.18 bits per heavy atom. The lowest BCUT2D eigenvalue weighted by molar-refractivity contribution is -0.125. The molecule has 2 N–H and O–H groups in total. The molecule has 0 aromatic rings. The van der Waals surface area contributed by atoms with Crippen LogP contribution < -0.4 is 10.6 Å². The standard InChI is InChI=1S/C16H33FN2O3.2H2/c1-4-7-14(5-2)16(20)19-12-15(17)13-22-11-10-21-9-8-18-6-3;;/h14-15,18H,4-13H2,1-3H3,(H,19,20);2*1H. The Morgan fingerprint density at radius 3 is 2.55 bits per heavy atom. The lowest BCUT2D eigenvalue weighted by atomic mass is 10.00. The van der Waals surface area contributed by atoms with Crippen molar-refractivity contribution in [2.75, 3.05) is 46.1 Å². The minimum Gasteiger partial charge on any atom is -0.378 e. The van der Waals surface area contributed by atoms with E-state index in [1.54, 1.807) is 0 Å². The highest BCUT2D eigenvalue weighted by Crippen LogP contribution is 2.10. The smallest absolute Gasteiger partial charge is 0.223 e. The van der Waals surface area contributed by atoms with Crippen molar-refractivity contribution in [2.45, 2.75) is 46.2 Å². The van der Waals surface area contributed by atoms with Crippen LogP contribution in [0.3, 0.4) is 0 Å². The minimum atomic E-state index is -1.18. The van der Waals surface area contributed by atoms with E-state index in [0.29, 0.717) is 19.8 Å². The van der Waals surface area contributed by atoms with Crippen molar-refractivity contribution in [1.29, 1.82) is 0 Å². The maximum absolute atomic E-state index is 13.6. The van der Waals surface area contributed by atoms with E-state index < -0.39 is 6.17 Å². The fraction of sp³-hybridized carbons (Fsp3) is 0.938. The van der Waals surface area contributed by atoms with Gasteiger partial charge in [-0.05, 0) is 19.4 Å². The van der Waals surface area contributed by atoms with Crippen molar-refractivity contribution < 1.29 is 21.5 Å². The fourth-order valence-corrected chi connectivity index (χ4v) is 2.04. The lowest BCUT2D eigenvalue weighted by Gasteiger charge is -2.15. The Balaban J connectivity index is -0.00000220. The van der Waals surface area contributed by atoms with Crippen LogP contribution in [-0.4, -0.2) is 58.1 Å². The second-order valence-corrected chi connectivity index (χ2v) is 5.28. The molecule has 136 valence electrons. The number of amides is 1. The van der Waals surface area contributed by atoms with Gasteiger partial charge >= 0.3 is 0 Å². The van der Waals surface area contributed by atoms with E-state index in [1.807, 2.05) is 20.8 Å². The molecule has 0 aromatic carbocycles. The molecule has 0 aliphatic rings. The van der Waals surface area contributed by atoms with Gasteiger partial charge in [-0.2, -0.15) is 0 Å². The van der Waals surface area contributed by atoms with Crippen molar-refractivity contribution in [3.05, 3.63) is 0 Å². The average Bonchev–Trinajstić information content (AvgIpc) is 2.52. The number of hydrogen-bond acceptors (Lipinski definition) is 4. The lowest BCUT2D eigenvalue weighted by Crippen LogP contribution is -2.36. The van der Waals surface area contributed by atoms with Gasteiger partial charge in [-0.15, -0.1) is 0 Å². The van der Waals surface area contributed by atoms with E-state index in [4.69, 9.17) is 9.47 Å². The van der Waals surface area contributed by atoms with Crippen LogP contribution in [0.1, 0.15) is 42.9 Å².